The third-order valence-electron chi connectivity index (χ3n) is 1.99. The van der Waals surface area contributed by atoms with E-state index in [0.717, 1.165) is 13.2 Å². The summed E-state index contributed by atoms with van der Waals surface area (Å²) in [7, 11) is 0. The molecule has 0 aliphatic heterocycles. The van der Waals surface area contributed by atoms with E-state index >= 15 is 0 Å². The van der Waals surface area contributed by atoms with Crippen LogP contribution in [0.2, 0.25) is 10.6 Å². The van der Waals surface area contributed by atoms with E-state index in [4.69, 9.17) is 32.7 Å². The Kier molecular flexibility index (Phi) is 7.89. The predicted molar refractivity (Wildman–Crippen MR) is 78.5 cm³/mol. The second-order valence-corrected chi connectivity index (χ2v) is 4.17. The van der Waals surface area contributed by atoms with Crippen molar-refractivity contribution < 1.29 is 13.9 Å². The number of rotatable bonds is 4. The third kappa shape index (κ3) is 7.17. The molecule has 0 amide bonds. The molecule has 0 saturated heterocycles. The van der Waals surface area contributed by atoms with Crippen LogP contribution in [0.5, 0.6) is 11.8 Å². The normalized spacial score (nSPS) is 9.76. The lowest BCUT2D eigenvalue weighted by Gasteiger charge is -2.03. The van der Waals surface area contributed by atoms with Gasteiger partial charge in [0.05, 0.1) is 0 Å². The van der Waals surface area contributed by atoms with Crippen LogP contribution >= 0.6 is 23.2 Å². The third-order valence-corrected chi connectivity index (χ3v) is 2.33. The highest BCUT2D eigenvalue weighted by molar-refractivity contribution is 6.31. The van der Waals surface area contributed by atoms with Crippen LogP contribution in [0.15, 0.2) is 24.3 Å². The van der Waals surface area contributed by atoms with Crippen LogP contribution in [0.4, 0.5) is 4.39 Å². The maximum absolute atomic E-state index is 12.6. The van der Waals surface area contributed by atoms with E-state index in [0.29, 0.717) is 5.75 Å². The molecule has 0 saturated carbocycles. The van der Waals surface area contributed by atoms with Crippen molar-refractivity contribution in [1.82, 2.24) is 15.0 Å². The first-order chi connectivity index (χ1) is 10.0. The van der Waals surface area contributed by atoms with Gasteiger partial charge >= 0.3 is 6.01 Å². The molecule has 0 atom stereocenters. The fourth-order valence-corrected chi connectivity index (χ4v) is 1.51. The van der Waals surface area contributed by atoms with Gasteiger partial charge in [0.2, 0.25) is 10.6 Å². The lowest BCUT2D eigenvalue weighted by Crippen LogP contribution is -1.95. The molecule has 21 heavy (non-hydrogen) atoms. The zero-order valence-electron chi connectivity index (χ0n) is 11.5. The monoisotopic (exact) mass is 333 g/mol. The summed E-state index contributed by atoms with van der Waals surface area (Å²) in [6.45, 7) is 5.67. The van der Waals surface area contributed by atoms with Crippen LogP contribution in [0.1, 0.15) is 13.8 Å². The molecule has 0 radical (unpaired) electrons. The number of benzene rings is 1. The molecule has 0 unspecified atom stereocenters. The molecule has 0 N–H and O–H groups in total. The van der Waals surface area contributed by atoms with Gasteiger partial charge in [0, 0.05) is 13.2 Å². The van der Waals surface area contributed by atoms with Gasteiger partial charge < -0.3 is 9.47 Å². The smallest absolute Gasteiger partial charge is 0.327 e. The summed E-state index contributed by atoms with van der Waals surface area (Å²) in [6.07, 6.45) is 0. The van der Waals surface area contributed by atoms with Crippen LogP contribution in [0.3, 0.4) is 0 Å². The van der Waals surface area contributed by atoms with E-state index in [1.165, 1.54) is 24.3 Å². The van der Waals surface area contributed by atoms with Crippen molar-refractivity contribution in [2.45, 2.75) is 13.8 Å². The molecule has 0 aliphatic rings. The fourth-order valence-electron chi connectivity index (χ4n) is 1.17. The summed E-state index contributed by atoms with van der Waals surface area (Å²) < 4.78 is 22.6. The summed E-state index contributed by atoms with van der Waals surface area (Å²) in [5.74, 6) is 0.0128. The fraction of sp³-hybridized carbons (Fsp3) is 0.308. The molecule has 1 heterocycles. The summed E-state index contributed by atoms with van der Waals surface area (Å²) in [6, 6.07) is 5.32. The molecule has 114 valence electrons. The molecule has 1 aromatic heterocycles. The largest absolute Gasteiger partial charge is 0.424 e. The van der Waals surface area contributed by atoms with Gasteiger partial charge in [-0.1, -0.05) is 0 Å². The van der Waals surface area contributed by atoms with E-state index in [1.807, 2.05) is 13.8 Å². The highest BCUT2D eigenvalue weighted by Crippen LogP contribution is 2.19. The lowest BCUT2D eigenvalue weighted by atomic mass is 10.3. The van der Waals surface area contributed by atoms with E-state index in [1.54, 1.807) is 0 Å². The first-order valence-electron chi connectivity index (χ1n) is 6.13. The Hall–Kier alpha value is -1.50. The Morgan fingerprint density at radius 2 is 1.48 bits per heavy atom. The standard InChI is InChI=1S/C9H4Cl2FN3O.C4H10O/c10-7-13-8(11)15-9(14-7)16-6-3-1-5(12)2-4-6;1-3-5-4-2/h1-4H;3-4H2,1-2H3. The first-order valence-corrected chi connectivity index (χ1v) is 6.89. The second kappa shape index (κ2) is 9.44. The van der Waals surface area contributed by atoms with Crippen molar-refractivity contribution in [3.8, 4) is 11.8 Å². The Labute approximate surface area is 132 Å². The number of nitrogens with zero attached hydrogens (tertiary/aromatic N) is 3. The van der Waals surface area contributed by atoms with Gasteiger partial charge in [-0.3, -0.25) is 0 Å². The average Bonchev–Trinajstić information content (AvgIpc) is 2.42. The number of hydrogen-bond acceptors (Lipinski definition) is 5. The highest BCUT2D eigenvalue weighted by atomic mass is 35.5. The van der Waals surface area contributed by atoms with Crippen LogP contribution in [-0.2, 0) is 4.74 Å². The molecule has 0 fully saturated rings. The number of ether oxygens (including phenoxy) is 2. The topological polar surface area (TPSA) is 57.1 Å². The summed E-state index contributed by atoms with van der Waals surface area (Å²) in [5, 5.41) is -0.144. The van der Waals surface area contributed by atoms with E-state index in [-0.39, 0.29) is 22.4 Å². The molecule has 5 nitrogen and oxygen atoms in total. The molecule has 8 heteroatoms. The first kappa shape index (κ1) is 17.6. The Morgan fingerprint density at radius 3 is 1.90 bits per heavy atom. The van der Waals surface area contributed by atoms with Gasteiger partial charge in [0.15, 0.2) is 0 Å². The van der Waals surface area contributed by atoms with Gasteiger partial charge in [-0.05, 0) is 61.3 Å². The van der Waals surface area contributed by atoms with Crippen molar-refractivity contribution >= 4 is 23.2 Å². The van der Waals surface area contributed by atoms with E-state index in [9.17, 15) is 4.39 Å². The lowest BCUT2D eigenvalue weighted by molar-refractivity contribution is 0.162. The van der Waals surface area contributed by atoms with Crippen molar-refractivity contribution in [2.75, 3.05) is 13.2 Å². The quantitative estimate of drug-likeness (QED) is 0.841. The van der Waals surface area contributed by atoms with E-state index in [2.05, 4.69) is 15.0 Å². The molecule has 0 aliphatic carbocycles. The molecule has 0 spiro atoms. The van der Waals surface area contributed by atoms with Crippen molar-refractivity contribution in [2.24, 2.45) is 0 Å². The molecule has 2 aromatic rings. The summed E-state index contributed by atoms with van der Waals surface area (Å²) in [4.78, 5) is 10.9. The second-order valence-electron chi connectivity index (χ2n) is 3.49. The Balaban J connectivity index is 0.000000383. The summed E-state index contributed by atoms with van der Waals surface area (Å²) in [5.41, 5.74) is 0. The molecular weight excluding hydrogens is 320 g/mol. The zero-order chi connectivity index (χ0) is 15.7. The maximum Gasteiger partial charge on any atom is 0.327 e. The summed E-state index contributed by atoms with van der Waals surface area (Å²) >= 11 is 11.1. The molecule has 2 rings (SSSR count). The Morgan fingerprint density at radius 1 is 0.952 bits per heavy atom. The average molecular weight is 334 g/mol. The zero-order valence-corrected chi connectivity index (χ0v) is 13.0. The number of aromatic nitrogens is 3. The van der Waals surface area contributed by atoms with Crippen molar-refractivity contribution in [1.29, 1.82) is 0 Å². The molecular formula is C13H14Cl2FN3O2. The van der Waals surface area contributed by atoms with Crippen LogP contribution in [0, 0.1) is 5.82 Å². The molecule has 1 aromatic carbocycles. The van der Waals surface area contributed by atoms with Crippen LogP contribution in [0.25, 0.3) is 0 Å². The van der Waals surface area contributed by atoms with Gasteiger partial charge in [-0.2, -0.15) is 15.0 Å². The molecule has 0 bridgehead atoms. The minimum absolute atomic E-state index is 0.0448. The van der Waals surface area contributed by atoms with E-state index < -0.39 is 0 Å². The van der Waals surface area contributed by atoms with Crippen molar-refractivity contribution in [3.63, 3.8) is 0 Å². The minimum atomic E-state index is -0.362. The predicted octanol–water partition coefficient (Wildman–Crippen LogP) is 4.15. The SMILES string of the molecule is CCOCC.Fc1ccc(Oc2nc(Cl)nc(Cl)n2)cc1. The number of halogens is 3. The van der Waals surface area contributed by atoms with Gasteiger partial charge in [-0.25, -0.2) is 4.39 Å². The van der Waals surface area contributed by atoms with Gasteiger partial charge in [0.1, 0.15) is 11.6 Å². The van der Waals surface area contributed by atoms with Crippen molar-refractivity contribution in [3.05, 3.63) is 40.6 Å². The van der Waals surface area contributed by atoms with Gasteiger partial charge in [-0.15, -0.1) is 0 Å². The van der Waals surface area contributed by atoms with Gasteiger partial charge in [0.25, 0.3) is 0 Å². The Bertz CT molecular complexity index is 533. The van der Waals surface area contributed by atoms with Crippen LogP contribution in [-0.4, -0.2) is 28.2 Å². The number of hydrogen-bond donors (Lipinski definition) is 0. The minimum Gasteiger partial charge on any atom is -0.424 e. The van der Waals surface area contributed by atoms with Crippen LogP contribution < -0.4 is 4.74 Å². The maximum atomic E-state index is 12.6. The highest BCUT2D eigenvalue weighted by Gasteiger charge is 2.05.